The Labute approximate surface area is 144 Å². The summed E-state index contributed by atoms with van der Waals surface area (Å²) in [5, 5.41) is 13.6. The number of hydrogen-bond donors (Lipinski definition) is 1. The topological polar surface area (TPSA) is 50.7 Å². The van der Waals surface area contributed by atoms with E-state index in [1.54, 1.807) is 18.5 Å². The minimum Gasteiger partial charge on any atom is -0.340 e. The molecular weight excluding hydrogens is 315 g/mol. The Morgan fingerprint density at radius 3 is 2.72 bits per heavy atom. The number of pyridine rings is 1. The lowest BCUT2D eigenvalue weighted by atomic mass is 10.0. The Morgan fingerprint density at radius 1 is 1.00 bits per heavy atom. The Balaban J connectivity index is 1.78. The van der Waals surface area contributed by atoms with E-state index < -0.39 is 0 Å². The molecule has 2 aromatic carbocycles. The molecule has 0 unspecified atom stereocenters. The van der Waals surface area contributed by atoms with E-state index in [1.807, 2.05) is 43.3 Å². The Hall–Kier alpha value is -3.34. The molecule has 0 amide bonds. The van der Waals surface area contributed by atoms with Crippen molar-refractivity contribution in [2.75, 3.05) is 5.32 Å². The Kier molecular flexibility index (Phi) is 3.82. The minimum atomic E-state index is -0.253. The molecular formula is C20H15FN4. The first-order chi connectivity index (χ1) is 12.2. The molecule has 0 radical (unpaired) electrons. The van der Waals surface area contributed by atoms with Gasteiger partial charge in [-0.1, -0.05) is 6.07 Å². The van der Waals surface area contributed by atoms with Crippen LogP contribution < -0.4 is 5.32 Å². The molecule has 0 aliphatic carbocycles. The summed E-state index contributed by atoms with van der Waals surface area (Å²) in [6.45, 7) is 1.87. The summed E-state index contributed by atoms with van der Waals surface area (Å²) in [4.78, 5) is 4.26. The zero-order valence-corrected chi connectivity index (χ0v) is 13.6. The summed E-state index contributed by atoms with van der Waals surface area (Å²) < 4.78 is 13.4. The van der Waals surface area contributed by atoms with Gasteiger partial charge in [-0.25, -0.2) is 9.37 Å². The molecule has 0 spiro atoms. The molecule has 5 heteroatoms. The van der Waals surface area contributed by atoms with Gasteiger partial charge >= 0.3 is 0 Å². The molecule has 4 aromatic rings. The highest BCUT2D eigenvalue weighted by Crippen LogP contribution is 2.30. The number of benzene rings is 2. The van der Waals surface area contributed by atoms with Gasteiger partial charge in [-0.15, -0.1) is 5.10 Å². The summed E-state index contributed by atoms with van der Waals surface area (Å²) in [7, 11) is 0. The maximum Gasteiger partial charge on any atom is 0.130 e. The number of aromatic nitrogens is 3. The number of nitrogens with zero attached hydrogens (tertiary/aromatic N) is 3. The molecule has 0 saturated heterocycles. The van der Waals surface area contributed by atoms with Crippen LogP contribution in [-0.2, 0) is 0 Å². The minimum absolute atomic E-state index is 0.253. The lowest BCUT2D eigenvalue weighted by Gasteiger charge is -2.10. The van der Waals surface area contributed by atoms with Crippen molar-refractivity contribution in [2.24, 2.45) is 0 Å². The highest BCUT2D eigenvalue weighted by atomic mass is 19.1. The van der Waals surface area contributed by atoms with Crippen LogP contribution in [0.3, 0.4) is 0 Å². The second-order valence-corrected chi connectivity index (χ2v) is 5.79. The number of hydrogen-bond acceptors (Lipinski definition) is 4. The normalized spacial score (nSPS) is 10.8. The fraction of sp³-hybridized carbons (Fsp3) is 0.0500. The Bertz CT molecular complexity index is 1050. The maximum absolute atomic E-state index is 13.4. The molecule has 2 aromatic heterocycles. The number of rotatable bonds is 3. The summed E-state index contributed by atoms with van der Waals surface area (Å²) >= 11 is 0. The molecule has 25 heavy (non-hydrogen) atoms. The van der Waals surface area contributed by atoms with Gasteiger partial charge in [0.05, 0.1) is 6.20 Å². The monoisotopic (exact) mass is 330 g/mol. The molecule has 0 aliphatic rings. The standard InChI is InChI=1S/C20H15FN4/c1-13-10-15(21)5-7-17(13)20-18-8-6-16(11-14(18)12-23-25-20)24-19-4-2-3-9-22-19/h2-12H,1H3,(H,22,24). The van der Waals surface area contributed by atoms with Crippen molar-refractivity contribution in [3.63, 3.8) is 0 Å². The van der Waals surface area contributed by atoms with Gasteiger partial charge in [0.25, 0.3) is 0 Å². The van der Waals surface area contributed by atoms with E-state index in [-0.39, 0.29) is 5.82 Å². The van der Waals surface area contributed by atoms with E-state index in [1.165, 1.54) is 12.1 Å². The van der Waals surface area contributed by atoms with Crippen LogP contribution in [0.15, 0.2) is 67.0 Å². The van der Waals surface area contributed by atoms with E-state index in [9.17, 15) is 4.39 Å². The molecule has 0 bridgehead atoms. The first-order valence-electron chi connectivity index (χ1n) is 7.91. The van der Waals surface area contributed by atoms with E-state index >= 15 is 0 Å². The van der Waals surface area contributed by atoms with Crippen molar-refractivity contribution in [1.82, 2.24) is 15.2 Å². The molecule has 0 atom stereocenters. The zero-order valence-electron chi connectivity index (χ0n) is 13.6. The molecule has 122 valence electrons. The highest BCUT2D eigenvalue weighted by molar-refractivity contribution is 5.96. The van der Waals surface area contributed by atoms with Crippen LogP contribution in [0.5, 0.6) is 0 Å². The lowest BCUT2D eigenvalue weighted by Crippen LogP contribution is -1.95. The largest absolute Gasteiger partial charge is 0.340 e. The molecule has 0 saturated carbocycles. The quantitative estimate of drug-likeness (QED) is 0.581. The van der Waals surface area contributed by atoms with Crippen molar-refractivity contribution < 1.29 is 4.39 Å². The molecule has 4 nitrogen and oxygen atoms in total. The van der Waals surface area contributed by atoms with Gasteiger partial charge in [0.15, 0.2) is 0 Å². The molecule has 0 aliphatic heterocycles. The molecule has 2 heterocycles. The Morgan fingerprint density at radius 2 is 1.92 bits per heavy atom. The summed E-state index contributed by atoms with van der Waals surface area (Å²) in [5.41, 5.74) is 3.38. The van der Waals surface area contributed by atoms with Crippen molar-refractivity contribution in [2.45, 2.75) is 6.92 Å². The van der Waals surface area contributed by atoms with E-state index in [0.717, 1.165) is 39.1 Å². The van der Waals surface area contributed by atoms with Gasteiger partial charge in [0.1, 0.15) is 17.3 Å². The van der Waals surface area contributed by atoms with Crippen LogP contribution in [0, 0.1) is 12.7 Å². The zero-order chi connectivity index (χ0) is 17.2. The number of fused-ring (bicyclic) bond motifs is 1. The molecule has 1 N–H and O–H groups in total. The van der Waals surface area contributed by atoms with Crippen LogP contribution in [0.1, 0.15) is 5.56 Å². The van der Waals surface area contributed by atoms with Crippen LogP contribution >= 0.6 is 0 Å². The van der Waals surface area contributed by atoms with Gasteiger partial charge < -0.3 is 5.32 Å². The smallest absolute Gasteiger partial charge is 0.130 e. The van der Waals surface area contributed by atoms with Gasteiger partial charge in [-0.3, -0.25) is 0 Å². The van der Waals surface area contributed by atoms with E-state index in [2.05, 4.69) is 20.5 Å². The van der Waals surface area contributed by atoms with E-state index in [4.69, 9.17) is 0 Å². The average molecular weight is 330 g/mol. The fourth-order valence-corrected chi connectivity index (χ4v) is 2.84. The number of nitrogens with one attached hydrogen (secondary N) is 1. The first kappa shape index (κ1) is 15.2. The van der Waals surface area contributed by atoms with Crippen LogP contribution in [-0.4, -0.2) is 15.2 Å². The van der Waals surface area contributed by atoms with E-state index in [0.29, 0.717) is 0 Å². The summed E-state index contributed by atoms with van der Waals surface area (Å²) in [5.74, 6) is 0.523. The third-order valence-electron chi connectivity index (χ3n) is 4.04. The summed E-state index contributed by atoms with van der Waals surface area (Å²) in [6, 6.07) is 16.4. The fourth-order valence-electron chi connectivity index (χ4n) is 2.84. The highest BCUT2D eigenvalue weighted by Gasteiger charge is 2.10. The van der Waals surface area contributed by atoms with Crippen molar-refractivity contribution in [3.8, 4) is 11.3 Å². The number of aryl methyl sites for hydroxylation is 1. The van der Waals surface area contributed by atoms with Gasteiger partial charge in [0, 0.05) is 28.2 Å². The lowest BCUT2D eigenvalue weighted by molar-refractivity contribution is 0.627. The van der Waals surface area contributed by atoms with Crippen molar-refractivity contribution in [1.29, 1.82) is 0 Å². The second-order valence-electron chi connectivity index (χ2n) is 5.79. The summed E-state index contributed by atoms with van der Waals surface area (Å²) in [6.07, 6.45) is 3.46. The predicted molar refractivity (Wildman–Crippen MR) is 97.2 cm³/mol. The third-order valence-corrected chi connectivity index (χ3v) is 4.04. The van der Waals surface area contributed by atoms with Gasteiger partial charge in [0.2, 0.25) is 0 Å². The number of halogens is 1. The van der Waals surface area contributed by atoms with Crippen LogP contribution in [0.4, 0.5) is 15.9 Å². The molecule has 0 fully saturated rings. The SMILES string of the molecule is Cc1cc(F)ccc1-c1nncc2cc(Nc3ccccn3)ccc12. The van der Waals surface area contributed by atoms with Crippen molar-refractivity contribution >= 4 is 22.3 Å². The predicted octanol–water partition coefficient (Wildman–Crippen LogP) is 4.88. The second kappa shape index (κ2) is 6.28. The van der Waals surface area contributed by atoms with Crippen molar-refractivity contribution in [3.05, 3.63) is 78.4 Å². The number of anilines is 2. The van der Waals surface area contributed by atoms with Crippen LogP contribution in [0.2, 0.25) is 0 Å². The average Bonchev–Trinajstić information content (AvgIpc) is 2.62. The maximum atomic E-state index is 13.4. The van der Waals surface area contributed by atoms with Gasteiger partial charge in [-0.2, -0.15) is 5.10 Å². The van der Waals surface area contributed by atoms with Crippen LogP contribution in [0.25, 0.3) is 22.0 Å². The third kappa shape index (κ3) is 3.04. The first-order valence-corrected chi connectivity index (χ1v) is 7.91. The molecule has 4 rings (SSSR count). The van der Waals surface area contributed by atoms with Gasteiger partial charge in [-0.05, 0) is 61.0 Å².